The lowest BCUT2D eigenvalue weighted by atomic mass is 10.1. The molecule has 0 bridgehead atoms. The molecule has 0 aliphatic rings. The van der Waals surface area contributed by atoms with Gasteiger partial charge in [0.05, 0.1) is 0 Å². The molecule has 0 unspecified atom stereocenters. The highest BCUT2D eigenvalue weighted by molar-refractivity contribution is 6.60. The first-order valence-electron chi connectivity index (χ1n) is 8.03. The first kappa shape index (κ1) is 21.6. The largest absolute Gasteiger partial charge is 0.513 e. The average molecular weight is 352 g/mol. The van der Waals surface area contributed by atoms with Gasteiger partial charge in [-0.1, -0.05) is 0 Å². The monoisotopic (exact) mass is 351 g/mol. The third-order valence-corrected chi connectivity index (χ3v) is 6.66. The van der Waals surface area contributed by atoms with Crippen molar-refractivity contribution in [2.24, 2.45) is 0 Å². The zero-order chi connectivity index (χ0) is 17.2. The molecule has 0 saturated heterocycles. The summed E-state index contributed by atoms with van der Waals surface area (Å²) >= 11 is 0. The molecule has 6 nitrogen and oxygen atoms in total. The maximum atomic E-state index is 11.9. The van der Waals surface area contributed by atoms with E-state index in [9.17, 15) is 4.79 Å². The summed E-state index contributed by atoms with van der Waals surface area (Å²) < 4.78 is 22.5. The Morgan fingerprint density at radius 1 is 1.05 bits per heavy atom. The van der Waals surface area contributed by atoms with Crippen molar-refractivity contribution >= 4 is 25.4 Å². The van der Waals surface area contributed by atoms with E-state index in [0.29, 0.717) is 42.9 Å². The van der Waals surface area contributed by atoms with Crippen LogP contribution in [0.25, 0.3) is 0 Å². The van der Waals surface area contributed by atoms with E-state index in [2.05, 4.69) is 0 Å². The van der Waals surface area contributed by atoms with E-state index in [1.165, 1.54) is 0 Å². The number of amides is 1. The zero-order valence-electron chi connectivity index (χ0n) is 15.2. The highest BCUT2D eigenvalue weighted by Crippen LogP contribution is 2.21. The van der Waals surface area contributed by atoms with Gasteiger partial charge in [0.25, 0.3) is 0 Å². The Morgan fingerprint density at radius 2 is 1.50 bits per heavy atom. The Labute approximate surface area is 139 Å². The van der Waals surface area contributed by atoms with Crippen LogP contribution in [0, 0.1) is 0 Å². The van der Waals surface area contributed by atoms with Crippen molar-refractivity contribution in [2.45, 2.75) is 59.5 Å². The SMILES string of the molecule is CCO[Si](CCCN(C(=O)O[SiH3])C(C)(C)C)(OCC)OCC. The van der Waals surface area contributed by atoms with Crippen LogP contribution in [-0.2, 0) is 17.7 Å². The predicted molar refractivity (Wildman–Crippen MR) is 92.9 cm³/mol. The summed E-state index contributed by atoms with van der Waals surface area (Å²) in [4.78, 5) is 13.7. The fourth-order valence-electron chi connectivity index (χ4n) is 2.27. The molecule has 0 radical (unpaired) electrons. The highest BCUT2D eigenvalue weighted by atomic mass is 28.4. The average Bonchev–Trinajstić information content (AvgIpc) is 2.42. The molecular formula is C14H33NO5Si2. The normalized spacial score (nSPS) is 12.5. The van der Waals surface area contributed by atoms with Crippen LogP contribution in [0.2, 0.25) is 6.04 Å². The number of hydrogen-bond donors (Lipinski definition) is 0. The van der Waals surface area contributed by atoms with E-state index in [1.807, 2.05) is 41.5 Å². The molecular weight excluding hydrogens is 318 g/mol. The van der Waals surface area contributed by atoms with Crippen LogP contribution in [0.3, 0.4) is 0 Å². The molecule has 0 atom stereocenters. The summed E-state index contributed by atoms with van der Waals surface area (Å²) in [6.07, 6.45) is 0.510. The first-order valence-corrected chi connectivity index (χ1v) is 10.8. The molecule has 0 aliphatic carbocycles. The van der Waals surface area contributed by atoms with Crippen LogP contribution in [0.1, 0.15) is 48.0 Å². The van der Waals surface area contributed by atoms with Crippen molar-refractivity contribution in [3.8, 4) is 0 Å². The molecule has 132 valence electrons. The second-order valence-corrected chi connectivity index (χ2v) is 9.02. The highest BCUT2D eigenvalue weighted by Gasteiger charge is 2.40. The molecule has 0 heterocycles. The number of carbonyl (C=O) groups is 1. The molecule has 22 heavy (non-hydrogen) atoms. The summed E-state index contributed by atoms with van der Waals surface area (Å²) in [7, 11) is -2.24. The van der Waals surface area contributed by atoms with Crippen molar-refractivity contribution < 1.29 is 22.5 Å². The standard InChI is InChI=1S/C14H33NO5Si2/c1-7-17-22(18-8-2,19-9-3)12-10-11-15(13(16)20-21)14(4,5)6/h7-12H2,1-6,21H3. The van der Waals surface area contributed by atoms with Crippen LogP contribution >= 0.6 is 0 Å². The summed E-state index contributed by atoms with van der Waals surface area (Å²) in [5.41, 5.74) is -0.269. The van der Waals surface area contributed by atoms with Gasteiger partial charge in [0.1, 0.15) is 0 Å². The maximum absolute atomic E-state index is 11.9. The van der Waals surface area contributed by atoms with E-state index >= 15 is 0 Å². The van der Waals surface area contributed by atoms with Gasteiger partial charge in [-0.25, -0.2) is 4.79 Å². The minimum absolute atomic E-state index is 0.254. The minimum atomic E-state index is -2.64. The van der Waals surface area contributed by atoms with Gasteiger partial charge < -0.3 is 22.6 Å². The number of nitrogens with zero attached hydrogens (tertiary/aromatic N) is 1. The maximum Gasteiger partial charge on any atom is 0.500 e. The van der Waals surface area contributed by atoms with E-state index < -0.39 is 8.80 Å². The minimum Gasteiger partial charge on any atom is -0.513 e. The Morgan fingerprint density at radius 3 is 1.82 bits per heavy atom. The molecule has 0 rings (SSSR count). The second-order valence-electron chi connectivity index (χ2n) is 5.88. The van der Waals surface area contributed by atoms with Crippen molar-refractivity contribution in [3.63, 3.8) is 0 Å². The van der Waals surface area contributed by atoms with E-state index in [-0.39, 0.29) is 11.6 Å². The fourth-order valence-corrected chi connectivity index (χ4v) is 5.08. The van der Waals surface area contributed by atoms with E-state index in [1.54, 1.807) is 4.90 Å². The molecule has 0 N–H and O–H groups in total. The first-order chi connectivity index (χ1) is 10.3. The van der Waals surface area contributed by atoms with Crippen LogP contribution in [0.5, 0.6) is 0 Å². The molecule has 0 spiro atoms. The molecule has 0 aliphatic heterocycles. The van der Waals surface area contributed by atoms with Crippen LogP contribution in [-0.4, -0.2) is 62.2 Å². The molecule has 1 amide bonds. The van der Waals surface area contributed by atoms with E-state index in [4.69, 9.17) is 17.7 Å². The van der Waals surface area contributed by atoms with Crippen molar-refractivity contribution in [3.05, 3.63) is 0 Å². The predicted octanol–water partition coefficient (Wildman–Crippen LogP) is 1.94. The molecule has 8 heteroatoms. The number of rotatable bonds is 10. The second kappa shape index (κ2) is 10.4. The smallest absolute Gasteiger partial charge is 0.500 e. The summed E-state index contributed by atoms with van der Waals surface area (Å²) in [6.45, 7) is 14.2. The van der Waals surface area contributed by atoms with Crippen LogP contribution in [0.4, 0.5) is 4.79 Å². The molecule has 0 saturated carbocycles. The van der Waals surface area contributed by atoms with Gasteiger partial charge in [0.2, 0.25) is 10.5 Å². The van der Waals surface area contributed by atoms with Gasteiger partial charge >= 0.3 is 14.9 Å². The van der Waals surface area contributed by atoms with Crippen LogP contribution in [0.15, 0.2) is 0 Å². The van der Waals surface area contributed by atoms with Crippen molar-refractivity contribution in [1.82, 2.24) is 4.90 Å². The molecule has 0 aromatic rings. The lowest BCUT2D eigenvalue weighted by Crippen LogP contribution is -2.49. The van der Waals surface area contributed by atoms with Gasteiger partial charge in [-0.3, -0.25) is 0 Å². The summed E-state index contributed by atoms with van der Waals surface area (Å²) in [5, 5.41) is 0. The Kier molecular flexibility index (Phi) is 10.2. The lowest BCUT2D eigenvalue weighted by molar-refractivity contribution is 0.0674. The van der Waals surface area contributed by atoms with Gasteiger partial charge in [-0.05, 0) is 48.0 Å². The third kappa shape index (κ3) is 7.23. The van der Waals surface area contributed by atoms with E-state index in [0.717, 1.165) is 6.42 Å². The van der Waals surface area contributed by atoms with Crippen LogP contribution < -0.4 is 0 Å². The van der Waals surface area contributed by atoms with Gasteiger partial charge in [-0.15, -0.1) is 0 Å². The van der Waals surface area contributed by atoms with Crippen molar-refractivity contribution in [2.75, 3.05) is 26.4 Å². The Balaban J connectivity index is 4.78. The van der Waals surface area contributed by atoms with Crippen molar-refractivity contribution in [1.29, 1.82) is 0 Å². The third-order valence-electron chi connectivity index (χ3n) is 3.16. The van der Waals surface area contributed by atoms with Gasteiger partial charge in [0, 0.05) is 37.9 Å². The fraction of sp³-hybridized carbons (Fsp3) is 0.929. The number of hydrogen-bond acceptors (Lipinski definition) is 5. The summed E-state index contributed by atoms with van der Waals surface area (Å²) in [5.74, 6) is 0. The Hall–Kier alpha value is -0.416. The van der Waals surface area contributed by atoms with Gasteiger partial charge in [-0.2, -0.15) is 0 Å². The lowest BCUT2D eigenvalue weighted by Gasteiger charge is -2.35. The summed E-state index contributed by atoms with van der Waals surface area (Å²) in [6, 6.07) is 0.698. The number of carbonyl (C=O) groups excluding carboxylic acids is 1. The van der Waals surface area contributed by atoms with Gasteiger partial charge in [0.15, 0.2) is 0 Å². The molecule has 0 aromatic carbocycles. The quantitative estimate of drug-likeness (QED) is 0.563. The Bertz CT molecular complexity index is 306. The zero-order valence-corrected chi connectivity index (χ0v) is 18.2. The molecule has 0 aromatic heterocycles. The molecule has 0 fully saturated rings. The topological polar surface area (TPSA) is 57.2 Å².